The van der Waals surface area contributed by atoms with Crippen LogP contribution >= 0.6 is 0 Å². The predicted molar refractivity (Wildman–Crippen MR) is 366 cm³/mol. The molecular formula is C77H153NO5. The van der Waals surface area contributed by atoms with Crippen molar-refractivity contribution >= 4 is 11.9 Å². The highest BCUT2D eigenvalue weighted by molar-refractivity contribution is 5.76. The van der Waals surface area contributed by atoms with Crippen LogP contribution < -0.4 is 5.32 Å². The maximum Gasteiger partial charge on any atom is 0.305 e. The van der Waals surface area contributed by atoms with Crippen LogP contribution in [-0.2, 0) is 14.3 Å². The zero-order valence-electron chi connectivity index (χ0n) is 57.0. The lowest BCUT2D eigenvalue weighted by Gasteiger charge is -2.22. The number of hydrogen-bond acceptors (Lipinski definition) is 5. The fourth-order valence-corrected chi connectivity index (χ4v) is 12.8. The number of carbonyl (C=O) groups is 2. The monoisotopic (exact) mass is 1170 g/mol. The summed E-state index contributed by atoms with van der Waals surface area (Å²) in [6, 6.07) is -0.536. The molecule has 0 aromatic carbocycles. The van der Waals surface area contributed by atoms with Crippen molar-refractivity contribution in [3.05, 3.63) is 0 Å². The zero-order valence-corrected chi connectivity index (χ0v) is 57.0. The van der Waals surface area contributed by atoms with Crippen molar-refractivity contribution in [2.45, 2.75) is 469 Å². The second-order valence-corrected chi connectivity index (χ2v) is 27.1. The van der Waals surface area contributed by atoms with Gasteiger partial charge in [-0.3, -0.25) is 9.59 Å². The SMILES string of the molecule is CCCCCCCCCCCCCCCCCC(O)C(CO)NC(=O)CCCCCCCCCCCCCCCCCCCCCCCCCCCCCCCCCCCCCCCOC(=O)CCCCCCCCCCCCCCCC. The van der Waals surface area contributed by atoms with Gasteiger partial charge in [0.15, 0.2) is 0 Å². The van der Waals surface area contributed by atoms with Crippen molar-refractivity contribution in [3.8, 4) is 0 Å². The first-order valence-corrected chi connectivity index (χ1v) is 38.8. The molecule has 0 aliphatic rings. The van der Waals surface area contributed by atoms with Crippen molar-refractivity contribution in [1.29, 1.82) is 0 Å². The largest absolute Gasteiger partial charge is 0.466 e. The van der Waals surface area contributed by atoms with Gasteiger partial charge in [0.2, 0.25) is 5.91 Å². The summed E-state index contributed by atoms with van der Waals surface area (Å²) in [5.74, 6) is 0.00184. The van der Waals surface area contributed by atoms with E-state index < -0.39 is 12.1 Å². The Labute approximate surface area is 521 Å². The minimum atomic E-state index is -0.659. The van der Waals surface area contributed by atoms with Gasteiger partial charge < -0.3 is 20.3 Å². The summed E-state index contributed by atoms with van der Waals surface area (Å²) in [7, 11) is 0. The summed E-state index contributed by atoms with van der Waals surface area (Å²) in [5, 5.41) is 23.4. The van der Waals surface area contributed by atoms with E-state index in [2.05, 4.69) is 19.2 Å². The van der Waals surface area contributed by atoms with E-state index in [4.69, 9.17) is 4.74 Å². The van der Waals surface area contributed by atoms with Crippen LogP contribution in [0.5, 0.6) is 0 Å². The van der Waals surface area contributed by atoms with Crippen LogP contribution in [0.4, 0.5) is 0 Å². The van der Waals surface area contributed by atoms with E-state index in [0.717, 1.165) is 38.5 Å². The third kappa shape index (κ3) is 69.8. The first-order valence-electron chi connectivity index (χ1n) is 38.8. The molecule has 0 aromatic rings. The molecule has 0 radical (unpaired) electrons. The van der Waals surface area contributed by atoms with E-state index in [1.807, 2.05) is 0 Å². The Morgan fingerprint density at radius 1 is 0.289 bits per heavy atom. The van der Waals surface area contributed by atoms with Gasteiger partial charge >= 0.3 is 5.97 Å². The average molecular weight is 1170 g/mol. The first kappa shape index (κ1) is 81.9. The van der Waals surface area contributed by atoms with Gasteiger partial charge in [0, 0.05) is 12.8 Å². The van der Waals surface area contributed by atoms with Crippen molar-refractivity contribution in [2.75, 3.05) is 13.2 Å². The van der Waals surface area contributed by atoms with Gasteiger partial charge in [-0.05, 0) is 25.7 Å². The van der Waals surface area contributed by atoms with Crippen LogP contribution in [0.15, 0.2) is 0 Å². The van der Waals surface area contributed by atoms with Gasteiger partial charge in [-0.25, -0.2) is 0 Å². The lowest BCUT2D eigenvalue weighted by molar-refractivity contribution is -0.143. The second kappa shape index (κ2) is 73.3. The van der Waals surface area contributed by atoms with Gasteiger partial charge in [-0.15, -0.1) is 0 Å². The Morgan fingerprint density at radius 2 is 0.494 bits per heavy atom. The van der Waals surface area contributed by atoms with E-state index in [-0.39, 0.29) is 18.5 Å². The lowest BCUT2D eigenvalue weighted by Crippen LogP contribution is -2.45. The van der Waals surface area contributed by atoms with Crippen LogP contribution in [-0.4, -0.2) is 47.4 Å². The van der Waals surface area contributed by atoms with Crippen molar-refractivity contribution < 1.29 is 24.5 Å². The average Bonchev–Trinajstić information content (AvgIpc) is 3.49. The summed E-state index contributed by atoms with van der Waals surface area (Å²) >= 11 is 0. The number of ether oxygens (including phenoxy) is 1. The fourth-order valence-electron chi connectivity index (χ4n) is 12.8. The molecule has 0 spiro atoms. The first-order chi connectivity index (χ1) is 41.0. The summed E-state index contributed by atoms with van der Waals surface area (Å²) in [5.41, 5.74) is 0. The molecule has 0 heterocycles. The molecule has 0 aliphatic carbocycles. The molecule has 0 bridgehead atoms. The molecule has 6 nitrogen and oxygen atoms in total. The minimum Gasteiger partial charge on any atom is -0.466 e. The lowest BCUT2D eigenvalue weighted by atomic mass is 10.0. The van der Waals surface area contributed by atoms with Gasteiger partial charge in [0.1, 0.15) is 0 Å². The molecule has 0 saturated heterocycles. The molecule has 0 fully saturated rings. The third-order valence-electron chi connectivity index (χ3n) is 18.7. The van der Waals surface area contributed by atoms with E-state index >= 15 is 0 Å². The molecule has 0 saturated carbocycles. The number of unbranched alkanes of at least 4 members (excludes halogenated alkanes) is 63. The van der Waals surface area contributed by atoms with Crippen LogP contribution in [0.2, 0.25) is 0 Å². The minimum absolute atomic E-state index is 0.0251. The molecule has 2 atom stereocenters. The predicted octanol–water partition coefficient (Wildman–Crippen LogP) is 25.3. The smallest absolute Gasteiger partial charge is 0.305 e. The Bertz CT molecular complexity index is 1210. The Kier molecular flexibility index (Phi) is 72.3. The molecule has 6 heteroatoms. The Morgan fingerprint density at radius 3 is 0.735 bits per heavy atom. The zero-order chi connectivity index (χ0) is 59.9. The number of aliphatic hydroxyl groups excluding tert-OH is 2. The summed E-state index contributed by atoms with van der Waals surface area (Å²) < 4.78 is 5.50. The van der Waals surface area contributed by atoms with Crippen LogP contribution in [0, 0.1) is 0 Å². The Balaban J connectivity index is 3.28. The summed E-state index contributed by atoms with van der Waals surface area (Å²) in [4.78, 5) is 24.6. The van der Waals surface area contributed by atoms with E-state index in [1.165, 1.54) is 385 Å². The van der Waals surface area contributed by atoms with Crippen LogP contribution in [0.25, 0.3) is 0 Å². The maximum atomic E-state index is 12.5. The molecule has 0 aliphatic heterocycles. The molecule has 3 N–H and O–H groups in total. The molecule has 496 valence electrons. The van der Waals surface area contributed by atoms with Crippen molar-refractivity contribution in [1.82, 2.24) is 5.32 Å². The second-order valence-electron chi connectivity index (χ2n) is 27.1. The number of rotatable bonds is 74. The summed E-state index contributed by atoms with van der Waals surface area (Å²) in [6.07, 6.45) is 90.6. The number of hydrogen-bond donors (Lipinski definition) is 3. The number of amides is 1. The quantitative estimate of drug-likeness (QED) is 0.0417. The molecule has 83 heavy (non-hydrogen) atoms. The van der Waals surface area contributed by atoms with Crippen LogP contribution in [0.3, 0.4) is 0 Å². The highest BCUT2D eigenvalue weighted by Crippen LogP contribution is 2.20. The van der Waals surface area contributed by atoms with Crippen LogP contribution in [0.1, 0.15) is 457 Å². The molecule has 1 amide bonds. The maximum absolute atomic E-state index is 12.5. The summed E-state index contributed by atoms with van der Waals surface area (Å²) in [6.45, 7) is 5.01. The van der Waals surface area contributed by atoms with Gasteiger partial charge in [-0.2, -0.15) is 0 Å². The number of aliphatic hydroxyl groups is 2. The number of nitrogens with one attached hydrogen (secondary N) is 1. The van der Waals surface area contributed by atoms with Gasteiger partial charge in [0.25, 0.3) is 0 Å². The third-order valence-corrected chi connectivity index (χ3v) is 18.7. The normalized spacial score (nSPS) is 12.4. The Hall–Kier alpha value is -1.14. The fraction of sp³-hybridized carbons (Fsp3) is 0.974. The highest BCUT2D eigenvalue weighted by Gasteiger charge is 2.20. The van der Waals surface area contributed by atoms with Crippen molar-refractivity contribution in [2.24, 2.45) is 0 Å². The van der Waals surface area contributed by atoms with Crippen molar-refractivity contribution in [3.63, 3.8) is 0 Å². The molecule has 0 rings (SSSR count). The molecule has 0 aromatic heterocycles. The highest BCUT2D eigenvalue weighted by atomic mass is 16.5. The van der Waals surface area contributed by atoms with E-state index in [0.29, 0.717) is 25.9 Å². The topological polar surface area (TPSA) is 95.9 Å². The van der Waals surface area contributed by atoms with Gasteiger partial charge in [0.05, 0.1) is 25.4 Å². The van der Waals surface area contributed by atoms with E-state index in [1.54, 1.807) is 0 Å². The van der Waals surface area contributed by atoms with E-state index in [9.17, 15) is 19.8 Å². The van der Waals surface area contributed by atoms with Gasteiger partial charge in [-0.1, -0.05) is 418 Å². The molecule has 2 unspecified atom stereocenters. The standard InChI is InChI=1S/C77H153NO5/c1-3-5-7-9-11-13-15-17-42-45-49-53-57-61-65-69-75(80)74(73-79)78-76(81)70-66-62-58-54-50-46-43-40-38-36-34-32-30-28-26-24-22-20-19-21-23-25-27-29-31-33-35-37-39-41-44-48-52-56-60-64-68-72-83-77(82)71-67-63-59-55-51-47-18-16-14-12-10-8-6-4-2/h74-75,79-80H,3-73H2,1-2H3,(H,78,81). The number of carbonyl (C=O) groups excluding carboxylic acids is 2. The number of esters is 1. The molecular weight excluding hydrogens is 1020 g/mol.